The van der Waals surface area contributed by atoms with Crippen molar-refractivity contribution in [3.05, 3.63) is 29.3 Å². The van der Waals surface area contributed by atoms with Gasteiger partial charge in [-0.25, -0.2) is 4.79 Å². The number of carboxylic acids is 1. The molecule has 222 valence electrons. The fourth-order valence-corrected chi connectivity index (χ4v) is 6.39. The first-order chi connectivity index (χ1) is 19.2. The molecule has 0 radical (unpaired) electrons. The fraction of sp³-hybridized carbons (Fsp3) is 0.700. The quantitative estimate of drug-likeness (QED) is 0.375. The van der Waals surface area contributed by atoms with Gasteiger partial charge in [-0.3, -0.25) is 14.5 Å². The second kappa shape index (κ2) is 13.7. The molecule has 2 saturated heterocycles. The number of unbranched alkanes of at least 4 members (excludes halogenated alkanes) is 1. The van der Waals surface area contributed by atoms with E-state index >= 15 is 0 Å². The minimum Gasteiger partial charge on any atom is -0.493 e. The van der Waals surface area contributed by atoms with Crippen LogP contribution >= 0.6 is 0 Å². The summed E-state index contributed by atoms with van der Waals surface area (Å²) >= 11 is 0. The number of nitrogens with zero attached hydrogens (tertiary/aromatic N) is 5. The van der Waals surface area contributed by atoms with Crippen LogP contribution in [-0.2, 0) is 16.0 Å². The highest BCUT2D eigenvalue weighted by atomic mass is 16.5. The average Bonchev–Trinajstić information content (AvgIpc) is 3.62. The molecule has 3 atom stereocenters. The van der Waals surface area contributed by atoms with Gasteiger partial charge >= 0.3 is 12.0 Å². The van der Waals surface area contributed by atoms with Crippen LogP contribution in [0.25, 0.3) is 0 Å². The van der Waals surface area contributed by atoms with Crippen molar-refractivity contribution in [1.29, 1.82) is 0 Å². The lowest BCUT2D eigenvalue weighted by atomic mass is 9.83. The number of amides is 3. The van der Waals surface area contributed by atoms with Crippen LogP contribution in [0, 0.1) is 5.92 Å². The molecule has 10 heteroatoms. The van der Waals surface area contributed by atoms with Gasteiger partial charge in [-0.1, -0.05) is 25.5 Å². The van der Waals surface area contributed by atoms with Gasteiger partial charge in [0.25, 0.3) is 0 Å². The predicted octanol–water partition coefficient (Wildman–Crippen LogP) is 2.43. The Morgan fingerprint density at radius 1 is 1.12 bits per heavy atom. The molecule has 0 spiro atoms. The van der Waals surface area contributed by atoms with Crippen molar-refractivity contribution in [2.75, 3.05) is 80.1 Å². The molecule has 2 fully saturated rings. The number of rotatable bonds is 14. The number of fused-ring (bicyclic) bond motifs is 1. The van der Waals surface area contributed by atoms with Crippen molar-refractivity contribution in [2.45, 2.75) is 51.0 Å². The highest BCUT2D eigenvalue weighted by Gasteiger charge is 2.47. The van der Waals surface area contributed by atoms with Gasteiger partial charge in [-0.15, -0.1) is 0 Å². The van der Waals surface area contributed by atoms with Crippen LogP contribution in [0.5, 0.6) is 5.75 Å². The van der Waals surface area contributed by atoms with E-state index < -0.39 is 11.9 Å². The van der Waals surface area contributed by atoms with Gasteiger partial charge in [0.1, 0.15) is 5.75 Å². The Bertz CT molecular complexity index is 1050. The Morgan fingerprint density at radius 2 is 1.90 bits per heavy atom. The summed E-state index contributed by atoms with van der Waals surface area (Å²) in [7, 11) is 5.86. The standard InChI is InChI=1S/C30H47N5O5/c1-5-6-13-33(14-7-12-31(2)3)27(36)21-35-20-24(22-8-9-26-23(19-22)11-18-40-26)28(29(37)38)25(35)10-15-34-17-16-32(4)30(34)39/h8-9,19,24-25,28H,5-7,10-18,20-21H2,1-4H3,(H,37,38). The van der Waals surface area contributed by atoms with E-state index in [4.69, 9.17) is 4.74 Å². The number of hydrogen-bond acceptors (Lipinski definition) is 6. The zero-order valence-electron chi connectivity index (χ0n) is 24.7. The Balaban J connectivity index is 1.55. The van der Waals surface area contributed by atoms with E-state index in [1.165, 1.54) is 0 Å². The second-order valence-electron chi connectivity index (χ2n) is 11.8. The molecule has 3 amide bonds. The van der Waals surface area contributed by atoms with Crippen LogP contribution in [0.2, 0.25) is 0 Å². The van der Waals surface area contributed by atoms with Gasteiger partial charge < -0.3 is 29.4 Å². The van der Waals surface area contributed by atoms with E-state index in [1.807, 2.05) is 31.1 Å². The summed E-state index contributed by atoms with van der Waals surface area (Å²) in [6, 6.07) is 5.67. The van der Waals surface area contributed by atoms with Crippen LogP contribution in [0.1, 0.15) is 49.7 Å². The topological polar surface area (TPSA) is 96.9 Å². The molecule has 3 aliphatic rings. The van der Waals surface area contributed by atoms with Crippen LogP contribution in [-0.4, -0.2) is 134 Å². The van der Waals surface area contributed by atoms with E-state index in [0.29, 0.717) is 52.3 Å². The van der Waals surface area contributed by atoms with Gasteiger partial charge in [0.15, 0.2) is 0 Å². The van der Waals surface area contributed by atoms with Crippen molar-refractivity contribution >= 4 is 17.9 Å². The number of hydrogen-bond donors (Lipinski definition) is 1. The third kappa shape index (κ3) is 7.07. The number of ether oxygens (including phenoxy) is 1. The molecule has 0 bridgehead atoms. The molecule has 0 aliphatic carbocycles. The molecular formula is C30H47N5O5. The first-order valence-corrected chi connectivity index (χ1v) is 14.8. The summed E-state index contributed by atoms with van der Waals surface area (Å²) < 4.78 is 5.68. The summed E-state index contributed by atoms with van der Waals surface area (Å²) in [5.74, 6) is -0.822. The third-order valence-corrected chi connectivity index (χ3v) is 8.68. The molecule has 1 N–H and O–H groups in total. The molecule has 3 aliphatic heterocycles. The smallest absolute Gasteiger partial charge is 0.319 e. The Labute approximate surface area is 238 Å². The monoisotopic (exact) mass is 557 g/mol. The van der Waals surface area contributed by atoms with E-state index in [-0.39, 0.29) is 30.4 Å². The summed E-state index contributed by atoms with van der Waals surface area (Å²) in [6.07, 6.45) is 4.19. The molecule has 10 nitrogen and oxygen atoms in total. The average molecular weight is 558 g/mol. The van der Waals surface area contributed by atoms with Crippen molar-refractivity contribution in [1.82, 2.24) is 24.5 Å². The van der Waals surface area contributed by atoms with Crippen LogP contribution in [0.3, 0.4) is 0 Å². The number of carbonyl (C=O) groups excluding carboxylic acids is 2. The summed E-state index contributed by atoms with van der Waals surface area (Å²) in [4.78, 5) is 48.7. The number of carbonyl (C=O) groups is 3. The maximum atomic E-state index is 13.7. The minimum atomic E-state index is -0.847. The zero-order chi connectivity index (χ0) is 28.8. The maximum absolute atomic E-state index is 13.7. The molecule has 3 heterocycles. The molecular weight excluding hydrogens is 510 g/mol. The second-order valence-corrected chi connectivity index (χ2v) is 11.8. The van der Waals surface area contributed by atoms with Crippen molar-refractivity contribution in [3.8, 4) is 5.75 Å². The molecule has 1 aromatic rings. The van der Waals surface area contributed by atoms with Crippen LogP contribution in [0.4, 0.5) is 4.79 Å². The van der Waals surface area contributed by atoms with Gasteiger partial charge in [0.05, 0.1) is 19.1 Å². The lowest BCUT2D eigenvalue weighted by molar-refractivity contribution is -0.144. The van der Waals surface area contributed by atoms with Crippen molar-refractivity contribution in [2.24, 2.45) is 5.92 Å². The number of likely N-dealkylation sites (N-methyl/N-ethyl adjacent to an activating group) is 1. The molecule has 1 aromatic carbocycles. The third-order valence-electron chi connectivity index (χ3n) is 8.68. The first-order valence-electron chi connectivity index (χ1n) is 14.8. The Hall–Kier alpha value is -2.85. The van der Waals surface area contributed by atoms with Gasteiger partial charge in [0.2, 0.25) is 5.91 Å². The van der Waals surface area contributed by atoms with Crippen molar-refractivity contribution in [3.63, 3.8) is 0 Å². The van der Waals surface area contributed by atoms with Gasteiger partial charge in [-0.05, 0) is 57.1 Å². The summed E-state index contributed by atoms with van der Waals surface area (Å²) in [6.45, 7) is 7.58. The highest BCUT2D eigenvalue weighted by molar-refractivity contribution is 5.79. The van der Waals surface area contributed by atoms with E-state index in [2.05, 4.69) is 22.8 Å². The fourth-order valence-electron chi connectivity index (χ4n) is 6.39. The Kier molecular flexibility index (Phi) is 10.3. The van der Waals surface area contributed by atoms with E-state index in [0.717, 1.165) is 49.1 Å². The molecule has 4 rings (SSSR count). The minimum absolute atomic E-state index is 0.0192. The summed E-state index contributed by atoms with van der Waals surface area (Å²) in [5.41, 5.74) is 2.10. The SMILES string of the molecule is CCCCN(CCCN(C)C)C(=O)CN1CC(c2ccc3c(c2)CCO3)C(C(=O)O)C1CCN1CCN(C)C1=O. The number of aliphatic carboxylic acids is 1. The van der Waals surface area contributed by atoms with E-state index in [9.17, 15) is 19.5 Å². The van der Waals surface area contributed by atoms with Gasteiger partial charge in [0, 0.05) is 64.7 Å². The Morgan fingerprint density at radius 3 is 2.58 bits per heavy atom. The lowest BCUT2D eigenvalue weighted by Gasteiger charge is -2.31. The largest absolute Gasteiger partial charge is 0.493 e. The van der Waals surface area contributed by atoms with E-state index in [1.54, 1.807) is 16.8 Å². The highest BCUT2D eigenvalue weighted by Crippen LogP contribution is 2.41. The number of carboxylic acid groups (broad SMARTS) is 1. The molecule has 40 heavy (non-hydrogen) atoms. The van der Waals surface area contributed by atoms with Gasteiger partial charge in [-0.2, -0.15) is 0 Å². The zero-order valence-corrected chi connectivity index (χ0v) is 24.7. The number of likely N-dealkylation sites (tertiary alicyclic amines) is 1. The predicted molar refractivity (Wildman–Crippen MR) is 154 cm³/mol. The molecule has 0 aromatic heterocycles. The van der Waals surface area contributed by atoms with Crippen molar-refractivity contribution < 1.29 is 24.2 Å². The normalized spacial score (nSPS) is 22.7. The maximum Gasteiger partial charge on any atom is 0.319 e. The summed E-state index contributed by atoms with van der Waals surface area (Å²) in [5, 5.41) is 10.5. The number of benzene rings is 1. The van der Waals surface area contributed by atoms with Crippen LogP contribution < -0.4 is 4.74 Å². The first kappa shape index (κ1) is 30.1. The molecule has 0 saturated carbocycles. The number of urea groups is 1. The lowest BCUT2D eigenvalue weighted by Crippen LogP contribution is -2.46. The molecule has 3 unspecified atom stereocenters. The van der Waals surface area contributed by atoms with Crippen LogP contribution in [0.15, 0.2) is 18.2 Å².